The van der Waals surface area contributed by atoms with E-state index in [0.717, 1.165) is 11.3 Å². The van der Waals surface area contributed by atoms with E-state index in [4.69, 9.17) is 9.57 Å². The molecule has 2 aromatic rings. The molecule has 0 aromatic heterocycles. The Morgan fingerprint density at radius 1 is 1.21 bits per heavy atom. The fourth-order valence-corrected chi connectivity index (χ4v) is 3.09. The standard InChI is InChI=1S/C21H25BN2O5/c1-14(2)11-20(22(26)27)23-21(25)19-13-18(24-29-19)15-7-6-10-17(12-15)28-16-8-4-3-5-9-16/h3-10,12,14,19-20,26-27H,11,13H2,1-2H3,(H,23,25). The molecule has 0 saturated carbocycles. The maximum Gasteiger partial charge on any atom is 0.475 e. The molecule has 152 valence electrons. The van der Waals surface area contributed by atoms with E-state index in [1.807, 2.05) is 68.4 Å². The van der Waals surface area contributed by atoms with Gasteiger partial charge in [-0.2, -0.15) is 0 Å². The Labute approximate surface area is 170 Å². The summed E-state index contributed by atoms with van der Waals surface area (Å²) < 4.78 is 5.84. The maximum absolute atomic E-state index is 12.5. The van der Waals surface area contributed by atoms with Gasteiger partial charge in [0, 0.05) is 12.0 Å². The first-order valence-electron chi connectivity index (χ1n) is 9.65. The number of amides is 1. The number of hydrogen-bond donors (Lipinski definition) is 3. The molecule has 29 heavy (non-hydrogen) atoms. The number of nitrogens with zero attached hydrogens (tertiary/aromatic N) is 1. The van der Waals surface area contributed by atoms with Crippen molar-refractivity contribution in [3.63, 3.8) is 0 Å². The van der Waals surface area contributed by atoms with Gasteiger partial charge < -0.3 is 24.9 Å². The summed E-state index contributed by atoms with van der Waals surface area (Å²) in [5.41, 5.74) is 1.43. The minimum atomic E-state index is -1.63. The molecule has 7 nitrogen and oxygen atoms in total. The van der Waals surface area contributed by atoms with Gasteiger partial charge in [-0.15, -0.1) is 0 Å². The third kappa shape index (κ3) is 5.82. The van der Waals surface area contributed by atoms with Crippen LogP contribution in [0.1, 0.15) is 32.3 Å². The highest BCUT2D eigenvalue weighted by Crippen LogP contribution is 2.24. The fourth-order valence-electron chi connectivity index (χ4n) is 3.09. The van der Waals surface area contributed by atoms with Crippen LogP contribution < -0.4 is 10.1 Å². The second-order valence-corrected chi connectivity index (χ2v) is 7.44. The normalized spacial score (nSPS) is 16.7. The first kappa shape index (κ1) is 20.9. The van der Waals surface area contributed by atoms with Gasteiger partial charge in [0.15, 0.2) is 0 Å². The van der Waals surface area contributed by atoms with Crippen molar-refractivity contribution in [1.82, 2.24) is 5.32 Å². The number of ether oxygens (including phenoxy) is 1. The number of para-hydroxylation sites is 1. The van der Waals surface area contributed by atoms with Crippen LogP contribution in [-0.4, -0.2) is 40.8 Å². The summed E-state index contributed by atoms with van der Waals surface area (Å²) in [6.45, 7) is 3.89. The van der Waals surface area contributed by atoms with E-state index in [0.29, 0.717) is 17.9 Å². The van der Waals surface area contributed by atoms with Crippen molar-refractivity contribution in [2.24, 2.45) is 11.1 Å². The Morgan fingerprint density at radius 3 is 2.62 bits per heavy atom. The first-order chi connectivity index (χ1) is 13.9. The fraction of sp³-hybridized carbons (Fsp3) is 0.333. The number of benzene rings is 2. The Balaban J connectivity index is 1.61. The third-order valence-electron chi connectivity index (χ3n) is 4.52. The van der Waals surface area contributed by atoms with Crippen molar-refractivity contribution in [3.8, 4) is 11.5 Å². The topological polar surface area (TPSA) is 100 Å². The molecule has 1 aliphatic rings. The van der Waals surface area contributed by atoms with Crippen LogP contribution in [0.25, 0.3) is 0 Å². The molecule has 0 aliphatic carbocycles. The zero-order valence-corrected chi connectivity index (χ0v) is 16.5. The summed E-state index contributed by atoms with van der Waals surface area (Å²) >= 11 is 0. The van der Waals surface area contributed by atoms with E-state index in [9.17, 15) is 14.8 Å². The quantitative estimate of drug-likeness (QED) is 0.596. The molecule has 8 heteroatoms. The largest absolute Gasteiger partial charge is 0.475 e. The Morgan fingerprint density at radius 2 is 1.93 bits per heavy atom. The molecule has 3 N–H and O–H groups in total. The molecular formula is C21H25BN2O5. The molecule has 0 saturated heterocycles. The van der Waals surface area contributed by atoms with Gasteiger partial charge in [-0.05, 0) is 36.6 Å². The molecule has 1 aliphatic heterocycles. The van der Waals surface area contributed by atoms with E-state index < -0.39 is 25.1 Å². The summed E-state index contributed by atoms with van der Waals surface area (Å²) in [7, 11) is -1.63. The van der Waals surface area contributed by atoms with Crippen LogP contribution in [0.15, 0.2) is 59.8 Å². The smallest absolute Gasteiger partial charge is 0.457 e. The Hall–Kier alpha value is -2.84. The molecule has 0 radical (unpaired) electrons. The number of rotatable bonds is 8. The van der Waals surface area contributed by atoms with Crippen molar-refractivity contribution < 1.29 is 24.4 Å². The van der Waals surface area contributed by atoms with Gasteiger partial charge in [-0.3, -0.25) is 4.79 Å². The molecule has 0 bridgehead atoms. The molecular weight excluding hydrogens is 371 g/mol. The number of oxime groups is 1. The second-order valence-electron chi connectivity index (χ2n) is 7.44. The average Bonchev–Trinajstić information content (AvgIpc) is 3.18. The molecule has 0 spiro atoms. The lowest BCUT2D eigenvalue weighted by Gasteiger charge is -2.20. The van der Waals surface area contributed by atoms with Crippen LogP contribution in [0.4, 0.5) is 0 Å². The minimum Gasteiger partial charge on any atom is -0.457 e. The number of hydrogen-bond acceptors (Lipinski definition) is 6. The lowest BCUT2D eigenvalue weighted by Crippen LogP contribution is -2.50. The van der Waals surface area contributed by atoms with Crippen LogP contribution in [-0.2, 0) is 9.63 Å². The summed E-state index contributed by atoms with van der Waals surface area (Å²) in [6.07, 6.45) is -0.0729. The van der Waals surface area contributed by atoms with Crippen molar-refractivity contribution >= 4 is 18.7 Å². The van der Waals surface area contributed by atoms with Crippen LogP contribution in [0, 0.1) is 5.92 Å². The van der Waals surface area contributed by atoms with Crippen LogP contribution in [0.2, 0.25) is 0 Å². The van der Waals surface area contributed by atoms with Crippen LogP contribution in [0.5, 0.6) is 11.5 Å². The van der Waals surface area contributed by atoms with Gasteiger partial charge >= 0.3 is 7.12 Å². The third-order valence-corrected chi connectivity index (χ3v) is 4.52. The molecule has 2 unspecified atom stereocenters. The summed E-state index contributed by atoms with van der Waals surface area (Å²) in [5.74, 6) is 0.415. The number of carbonyl (C=O) groups is 1. The van der Waals surface area contributed by atoms with E-state index in [-0.39, 0.29) is 12.3 Å². The second kappa shape index (κ2) is 9.58. The van der Waals surface area contributed by atoms with E-state index in [1.54, 1.807) is 0 Å². The molecule has 2 aromatic carbocycles. The van der Waals surface area contributed by atoms with Gasteiger partial charge in [0.05, 0.1) is 11.7 Å². The maximum atomic E-state index is 12.5. The predicted octanol–water partition coefficient (Wildman–Crippen LogP) is 2.51. The zero-order valence-electron chi connectivity index (χ0n) is 16.5. The average molecular weight is 396 g/mol. The van der Waals surface area contributed by atoms with Crippen LogP contribution >= 0.6 is 0 Å². The molecule has 1 heterocycles. The lowest BCUT2D eigenvalue weighted by atomic mass is 9.75. The van der Waals surface area contributed by atoms with Crippen LogP contribution in [0.3, 0.4) is 0 Å². The number of carbonyl (C=O) groups excluding carboxylic acids is 1. The zero-order chi connectivity index (χ0) is 20.8. The van der Waals surface area contributed by atoms with Gasteiger partial charge in [-0.25, -0.2) is 0 Å². The van der Waals surface area contributed by atoms with E-state index in [2.05, 4.69) is 10.5 Å². The highest BCUT2D eigenvalue weighted by molar-refractivity contribution is 6.43. The first-order valence-corrected chi connectivity index (χ1v) is 9.65. The minimum absolute atomic E-state index is 0.200. The van der Waals surface area contributed by atoms with Gasteiger partial charge in [0.2, 0.25) is 6.10 Å². The Bertz CT molecular complexity index is 857. The summed E-state index contributed by atoms with van der Waals surface area (Å²) in [5, 5.41) is 25.7. The van der Waals surface area contributed by atoms with Crippen molar-refractivity contribution in [2.45, 2.75) is 38.7 Å². The van der Waals surface area contributed by atoms with Crippen molar-refractivity contribution in [1.29, 1.82) is 0 Å². The van der Waals surface area contributed by atoms with Crippen molar-refractivity contribution in [3.05, 3.63) is 60.2 Å². The SMILES string of the molecule is CC(C)CC(NC(=O)C1CC(c2cccc(Oc3ccccc3)c2)=NO1)B(O)O. The molecule has 0 fully saturated rings. The highest BCUT2D eigenvalue weighted by Gasteiger charge is 2.33. The number of nitrogens with one attached hydrogen (secondary N) is 1. The summed E-state index contributed by atoms with van der Waals surface area (Å²) in [4.78, 5) is 17.8. The van der Waals surface area contributed by atoms with Gasteiger partial charge in [0.25, 0.3) is 5.91 Å². The monoisotopic (exact) mass is 396 g/mol. The lowest BCUT2D eigenvalue weighted by molar-refractivity contribution is -0.131. The van der Waals surface area contributed by atoms with Gasteiger partial charge in [0.1, 0.15) is 11.5 Å². The predicted molar refractivity (Wildman–Crippen MR) is 111 cm³/mol. The molecule has 3 rings (SSSR count). The highest BCUT2D eigenvalue weighted by atomic mass is 16.6. The van der Waals surface area contributed by atoms with Gasteiger partial charge in [-0.1, -0.05) is 49.3 Å². The molecule has 2 atom stereocenters. The van der Waals surface area contributed by atoms with E-state index in [1.165, 1.54) is 0 Å². The Kier molecular flexibility index (Phi) is 6.90. The van der Waals surface area contributed by atoms with E-state index >= 15 is 0 Å². The van der Waals surface area contributed by atoms with Crippen molar-refractivity contribution in [2.75, 3.05) is 0 Å². The summed E-state index contributed by atoms with van der Waals surface area (Å²) in [6, 6.07) is 16.9. The molecule has 1 amide bonds.